The first-order chi connectivity index (χ1) is 10.2. The molecule has 1 heterocycles. The lowest BCUT2D eigenvalue weighted by Crippen LogP contribution is -2.44. The first-order valence-electron chi connectivity index (χ1n) is 8.23. The summed E-state index contributed by atoms with van der Waals surface area (Å²) in [5, 5.41) is 10.6. The van der Waals surface area contributed by atoms with Crippen molar-refractivity contribution in [3.05, 3.63) is 34.3 Å². The molecule has 1 aromatic carbocycles. The highest BCUT2D eigenvalue weighted by Gasteiger charge is 2.40. The molecule has 0 amide bonds. The Balaban J connectivity index is 1.61. The van der Waals surface area contributed by atoms with Gasteiger partial charge in [-0.2, -0.15) is 0 Å². The summed E-state index contributed by atoms with van der Waals surface area (Å²) in [4.78, 5) is 0. The summed E-state index contributed by atoms with van der Waals surface area (Å²) in [5.74, 6) is 0.389. The standard InChI is InChI=1S/C18H25BrO2/c19-16-6-4-14(5-7-16)12-17(20)15-8-11-21-18(13-15)9-2-1-3-10-18/h4-7,15,17,20H,1-3,8-13H2. The number of ether oxygens (including phenoxy) is 1. The van der Waals surface area contributed by atoms with Crippen LogP contribution in [-0.2, 0) is 11.2 Å². The second-order valence-electron chi connectivity index (χ2n) is 6.74. The van der Waals surface area contributed by atoms with Crippen LogP contribution in [0, 0.1) is 5.92 Å². The molecule has 2 unspecified atom stereocenters. The fraction of sp³-hybridized carbons (Fsp3) is 0.667. The Morgan fingerprint density at radius 1 is 1.19 bits per heavy atom. The van der Waals surface area contributed by atoms with Gasteiger partial charge < -0.3 is 9.84 Å². The molecule has 2 nitrogen and oxygen atoms in total. The summed E-state index contributed by atoms with van der Waals surface area (Å²) in [6.45, 7) is 0.821. The lowest BCUT2D eigenvalue weighted by atomic mass is 9.74. The van der Waals surface area contributed by atoms with E-state index >= 15 is 0 Å². The molecule has 2 fully saturated rings. The van der Waals surface area contributed by atoms with E-state index in [4.69, 9.17) is 4.74 Å². The lowest BCUT2D eigenvalue weighted by Gasteiger charge is -2.44. The third kappa shape index (κ3) is 3.88. The number of aliphatic hydroxyl groups is 1. The second-order valence-corrected chi connectivity index (χ2v) is 7.66. The van der Waals surface area contributed by atoms with Crippen molar-refractivity contribution < 1.29 is 9.84 Å². The molecule has 3 rings (SSSR count). The van der Waals surface area contributed by atoms with E-state index in [-0.39, 0.29) is 11.7 Å². The van der Waals surface area contributed by atoms with Crippen LogP contribution in [0.1, 0.15) is 50.5 Å². The van der Waals surface area contributed by atoms with Gasteiger partial charge in [0, 0.05) is 11.1 Å². The molecule has 1 aromatic rings. The highest BCUT2D eigenvalue weighted by atomic mass is 79.9. The Morgan fingerprint density at radius 3 is 2.62 bits per heavy atom. The molecule has 3 heteroatoms. The second kappa shape index (κ2) is 6.80. The molecule has 21 heavy (non-hydrogen) atoms. The van der Waals surface area contributed by atoms with Crippen molar-refractivity contribution in [3.8, 4) is 0 Å². The SMILES string of the molecule is OC(Cc1ccc(Br)cc1)C1CCOC2(CCCCC2)C1. The van der Waals surface area contributed by atoms with Gasteiger partial charge in [-0.25, -0.2) is 0 Å². The van der Waals surface area contributed by atoms with Crippen LogP contribution in [0.15, 0.2) is 28.7 Å². The van der Waals surface area contributed by atoms with Gasteiger partial charge >= 0.3 is 0 Å². The van der Waals surface area contributed by atoms with Gasteiger partial charge in [0.05, 0.1) is 11.7 Å². The van der Waals surface area contributed by atoms with Gasteiger partial charge in [-0.05, 0) is 55.7 Å². The van der Waals surface area contributed by atoms with Crippen LogP contribution in [0.3, 0.4) is 0 Å². The largest absolute Gasteiger partial charge is 0.392 e. The number of halogens is 1. The Labute approximate surface area is 136 Å². The zero-order valence-corrected chi connectivity index (χ0v) is 14.1. The molecule has 1 aliphatic heterocycles. The van der Waals surface area contributed by atoms with E-state index in [1.807, 2.05) is 0 Å². The lowest BCUT2D eigenvalue weighted by molar-refractivity contribution is -0.133. The molecular weight excluding hydrogens is 328 g/mol. The minimum Gasteiger partial charge on any atom is -0.392 e. The van der Waals surface area contributed by atoms with Crippen LogP contribution in [0.5, 0.6) is 0 Å². The van der Waals surface area contributed by atoms with Gasteiger partial charge in [0.1, 0.15) is 0 Å². The predicted molar refractivity (Wildman–Crippen MR) is 88.3 cm³/mol. The van der Waals surface area contributed by atoms with Crippen molar-refractivity contribution in [3.63, 3.8) is 0 Å². The van der Waals surface area contributed by atoms with Gasteiger partial charge in [0.2, 0.25) is 0 Å². The molecule has 0 radical (unpaired) electrons. The Hall–Kier alpha value is -0.380. The highest BCUT2D eigenvalue weighted by molar-refractivity contribution is 9.10. The van der Waals surface area contributed by atoms with E-state index in [1.165, 1.54) is 37.7 Å². The number of aliphatic hydroxyl groups excluding tert-OH is 1. The predicted octanol–water partition coefficient (Wildman–Crippen LogP) is 4.48. The smallest absolute Gasteiger partial charge is 0.0686 e. The Bertz CT molecular complexity index is 445. The van der Waals surface area contributed by atoms with E-state index in [0.29, 0.717) is 5.92 Å². The quantitative estimate of drug-likeness (QED) is 0.868. The Kier molecular flexibility index (Phi) is 5.03. The normalized spacial score (nSPS) is 26.7. The van der Waals surface area contributed by atoms with E-state index in [9.17, 15) is 5.11 Å². The summed E-state index contributed by atoms with van der Waals surface area (Å²) in [6.07, 6.45) is 8.86. The molecule has 0 bridgehead atoms. The van der Waals surface area contributed by atoms with Gasteiger partial charge in [0.15, 0.2) is 0 Å². The first kappa shape index (κ1) is 15.5. The van der Waals surface area contributed by atoms with Gasteiger partial charge in [-0.15, -0.1) is 0 Å². The van der Waals surface area contributed by atoms with Crippen LogP contribution < -0.4 is 0 Å². The molecular formula is C18H25BrO2. The minimum absolute atomic E-state index is 0.0852. The monoisotopic (exact) mass is 352 g/mol. The average molecular weight is 353 g/mol. The van der Waals surface area contributed by atoms with Gasteiger partial charge in [-0.3, -0.25) is 0 Å². The number of rotatable bonds is 3. The van der Waals surface area contributed by atoms with Crippen molar-refractivity contribution >= 4 is 15.9 Å². The molecule has 0 aromatic heterocycles. The third-order valence-corrected chi connectivity index (χ3v) is 5.73. The molecule has 116 valence electrons. The van der Waals surface area contributed by atoms with Crippen molar-refractivity contribution in [2.75, 3.05) is 6.61 Å². The van der Waals surface area contributed by atoms with Crippen LogP contribution >= 0.6 is 15.9 Å². The number of hydrogen-bond donors (Lipinski definition) is 1. The van der Waals surface area contributed by atoms with Crippen LogP contribution in [0.4, 0.5) is 0 Å². The first-order valence-corrected chi connectivity index (χ1v) is 9.03. The van der Waals surface area contributed by atoms with Crippen molar-refractivity contribution in [2.45, 2.75) is 63.1 Å². The molecule has 2 aliphatic rings. The van der Waals surface area contributed by atoms with Crippen LogP contribution in [0.25, 0.3) is 0 Å². The molecule has 1 N–H and O–H groups in total. The summed E-state index contributed by atoms with van der Waals surface area (Å²) >= 11 is 3.46. The number of hydrogen-bond acceptors (Lipinski definition) is 2. The van der Waals surface area contributed by atoms with E-state index in [2.05, 4.69) is 40.2 Å². The zero-order valence-electron chi connectivity index (χ0n) is 12.6. The maximum Gasteiger partial charge on any atom is 0.0686 e. The topological polar surface area (TPSA) is 29.5 Å². The molecule has 1 saturated carbocycles. The maximum atomic E-state index is 10.6. The molecule has 2 atom stereocenters. The minimum atomic E-state index is -0.242. The molecule has 1 aliphatic carbocycles. The molecule has 1 spiro atoms. The van der Waals surface area contributed by atoms with Crippen molar-refractivity contribution in [2.24, 2.45) is 5.92 Å². The summed E-state index contributed by atoms with van der Waals surface area (Å²) in [5.41, 5.74) is 1.30. The maximum absolute atomic E-state index is 10.6. The van der Waals surface area contributed by atoms with Crippen LogP contribution in [-0.4, -0.2) is 23.4 Å². The molecule has 1 saturated heterocycles. The van der Waals surface area contributed by atoms with Crippen molar-refractivity contribution in [1.29, 1.82) is 0 Å². The van der Waals surface area contributed by atoms with Crippen LogP contribution in [0.2, 0.25) is 0 Å². The summed E-state index contributed by atoms with van der Waals surface area (Å²) in [7, 11) is 0. The van der Waals surface area contributed by atoms with E-state index < -0.39 is 0 Å². The Morgan fingerprint density at radius 2 is 1.90 bits per heavy atom. The van der Waals surface area contributed by atoms with E-state index in [1.54, 1.807) is 0 Å². The van der Waals surface area contributed by atoms with E-state index in [0.717, 1.165) is 30.3 Å². The van der Waals surface area contributed by atoms with Gasteiger partial charge in [0.25, 0.3) is 0 Å². The third-order valence-electron chi connectivity index (χ3n) is 5.20. The van der Waals surface area contributed by atoms with Crippen molar-refractivity contribution in [1.82, 2.24) is 0 Å². The fourth-order valence-electron chi connectivity index (χ4n) is 3.97. The summed E-state index contributed by atoms with van der Waals surface area (Å²) < 4.78 is 7.23. The summed E-state index contributed by atoms with van der Waals surface area (Å²) in [6, 6.07) is 8.30. The zero-order chi connectivity index (χ0) is 14.7. The van der Waals surface area contributed by atoms with Gasteiger partial charge in [-0.1, -0.05) is 47.3 Å². The highest BCUT2D eigenvalue weighted by Crippen LogP contribution is 2.41. The number of benzene rings is 1. The average Bonchev–Trinajstić information content (AvgIpc) is 2.50. The fourth-order valence-corrected chi connectivity index (χ4v) is 4.23.